The van der Waals surface area contributed by atoms with Crippen LogP contribution in [-0.2, 0) is 6.18 Å². The van der Waals surface area contributed by atoms with Crippen molar-refractivity contribution in [3.63, 3.8) is 0 Å². The van der Waals surface area contributed by atoms with Crippen LogP contribution in [-0.4, -0.2) is 46.7 Å². The minimum Gasteiger partial charge on any atom is -0.397 e. The maximum Gasteiger partial charge on any atom is 0.417 e. The second-order valence-electron chi connectivity index (χ2n) is 9.06. The zero-order valence-corrected chi connectivity index (χ0v) is 20.4. The number of carbonyl (C=O) groups excluding carboxylic acids is 1. The number of alkyl halides is 3. The molecule has 1 aromatic carbocycles. The molecule has 1 fully saturated rings. The van der Waals surface area contributed by atoms with Crippen molar-refractivity contribution in [1.29, 1.82) is 0 Å². The van der Waals surface area contributed by atoms with Gasteiger partial charge in [0.1, 0.15) is 21.6 Å². The summed E-state index contributed by atoms with van der Waals surface area (Å²) in [5.74, 6) is -0.709. The summed E-state index contributed by atoms with van der Waals surface area (Å²) in [6, 6.07) is 10.7. The molecule has 4 heterocycles. The van der Waals surface area contributed by atoms with E-state index < -0.39 is 23.8 Å². The zero-order valence-electron chi connectivity index (χ0n) is 19.6. The Hall–Kier alpha value is -3.48. The van der Waals surface area contributed by atoms with Gasteiger partial charge >= 0.3 is 6.18 Å². The molecule has 0 radical (unpaired) electrons. The number of benzene rings is 1. The summed E-state index contributed by atoms with van der Waals surface area (Å²) in [5.41, 5.74) is 10.5. The number of nitrogens with zero attached hydrogens (tertiary/aromatic N) is 3. The number of aromatic nitrogens is 2. The van der Waals surface area contributed by atoms with Crippen LogP contribution in [0.25, 0.3) is 21.0 Å². The molecule has 1 saturated heterocycles. The summed E-state index contributed by atoms with van der Waals surface area (Å²) in [5, 5.41) is 15.7. The maximum atomic E-state index is 13.9. The Morgan fingerprint density at radius 2 is 1.92 bits per heavy atom. The van der Waals surface area contributed by atoms with Crippen LogP contribution in [0.1, 0.15) is 39.9 Å². The van der Waals surface area contributed by atoms with Gasteiger partial charge < -0.3 is 26.8 Å². The number of aliphatic hydroxyl groups excluding tert-OH is 1. The number of hydrogen-bond donors (Lipinski definition) is 4. The SMILES string of the molecule is NC(=O)c1sc2nc(N3CCC(NCC(O)c4cc5ccccc5cn4)CC3)cc(C(F)(F)F)c2c1N. The summed E-state index contributed by atoms with van der Waals surface area (Å²) in [4.78, 5) is 22.1. The summed E-state index contributed by atoms with van der Waals surface area (Å²) >= 11 is 0.767. The Labute approximate surface area is 214 Å². The Morgan fingerprint density at radius 1 is 1.22 bits per heavy atom. The fraction of sp³-hybridized carbons (Fsp3) is 0.320. The van der Waals surface area contributed by atoms with E-state index in [0.29, 0.717) is 38.2 Å². The fourth-order valence-electron chi connectivity index (χ4n) is 4.65. The smallest absolute Gasteiger partial charge is 0.397 e. The molecule has 0 spiro atoms. The standard InChI is InChI=1S/C25H25F3N6O2S/c26-25(27,28)16-10-19(33-24-20(16)21(29)22(37-24)23(30)36)34-7-5-15(6-8-34)31-12-18(35)17-9-13-3-1-2-4-14(13)11-32-17/h1-4,9-11,15,18,31,35H,5-8,12,29H2,(H2,30,36). The fourth-order valence-corrected chi connectivity index (χ4v) is 5.62. The number of thiophene rings is 1. The largest absolute Gasteiger partial charge is 0.417 e. The number of nitrogen functional groups attached to an aromatic ring is 1. The number of halogens is 3. The number of rotatable bonds is 6. The number of piperidine rings is 1. The van der Waals surface area contributed by atoms with Crippen LogP contribution in [0.4, 0.5) is 24.7 Å². The first-order chi connectivity index (χ1) is 17.6. The Bertz CT molecular complexity index is 1470. The van der Waals surface area contributed by atoms with Gasteiger partial charge in [-0.3, -0.25) is 9.78 Å². The maximum absolute atomic E-state index is 13.9. The normalized spacial score (nSPS) is 15.9. The second-order valence-corrected chi connectivity index (χ2v) is 10.1. The number of fused-ring (bicyclic) bond motifs is 2. The number of nitrogens with two attached hydrogens (primary N) is 2. The molecule has 1 aliphatic rings. The van der Waals surface area contributed by atoms with E-state index in [1.807, 2.05) is 30.3 Å². The zero-order chi connectivity index (χ0) is 26.3. The van der Waals surface area contributed by atoms with Gasteiger partial charge in [0.15, 0.2) is 0 Å². The van der Waals surface area contributed by atoms with E-state index in [9.17, 15) is 23.1 Å². The molecule has 12 heteroatoms. The molecule has 194 valence electrons. The van der Waals surface area contributed by atoms with Crippen LogP contribution >= 0.6 is 11.3 Å². The third kappa shape index (κ3) is 5.04. The summed E-state index contributed by atoms with van der Waals surface area (Å²) in [6.07, 6.45) is -2.42. The van der Waals surface area contributed by atoms with Crippen molar-refractivity contribution in [2.24, 2.45) is 5.73 Å². The average Bonchev–Trinajstić information content (AvgIpc) is 3.22. The van der Waals surface area contributed by atoms with Crippen LogP contribution < -0.4 is 21.7 Å². The van der Waals surface area contributed by atoms with Crippen LogP contribution in [0.3, 0.4) is 0 Å². The van der Waals surface area contributed by atoms with Crippen LogP contribution in [0.2, 0.25) is 0 Å². The topological polar surface area (TPSA) is 130 Å². The molecule has 8 nitrogen and oxygen atoms in total. The molecular formula is C25H25F3N6O2S. The number of pyridine rings is 2. The highest BCUT2D eigenvalue weighted by Gasteiger charge is 2.37. The Kier molecular flexibility index (Phi) is 6.65. The van der Waals surface area contributed by atoms with Crippen molar-refractivity contribution in [2.45, 2.75) is 31.2 Å². The minimum atomic E-state index is -4.67. The Balaban J connectivity index is 1.26. The molecule has 1 atom stereocenters. The highest BCUT2D eigenvalue weighted by Crippen LogP contribution is 2.43. The lowest BCUT2D eigenvalue weighted by molar-refractivity contribution is -0.136. The van der Waals surface area contributed by atoms with Gasteiger partial charge in [0.25, 0.3) is 5.91 Å². The lowest BCUT2D eigenvalue weighted by Crippen LogP contribution is -2.44. The van der Waals surface area contributed by atoms with Crippen LogP contribution in [0.5, 0.6) is 0 Å². The molecule has 4 aromatic rings. The third-order valence-corrected chi connectivity index (χ3v) is 7.74. The molecule has 6 N–H and O–H groups in total. The number of hydrogen-bond acceptors (Lipinski definition) is 8. The number of anilines is 2. The lowest BCUT2D eigenvalue weighted by atomic mass is 10.0. The molecule has 37 heavy (non-hydrogen) atoms. The van der Waals surface area contributed by atoms with E-state index in [1.54, 1.807) is 11.1 Å². The number of aliphatic hydroxyl groups is 1. The molecule has 0 saturated carbocycles. The van der Waals surface area contributed by atoms with Crippen molar-refractivity contribution in [3.8, 4) is 0 Å². The van der Waals surface area contributed by atoms with Gasteiger partial charge in [-0.05, 0) is 30.4 Å². The van der Waals surface area contributed by atoms with Crippen molar-refractivity contribution >= 4 is 49.7 Å². The van der Waals surface area contributed by atoms with Gasteiger partial charge in [0.05, 0.1) is 16.9 Å². The van der Waals surface area contributed by atoms with Crippen molar-refractivity contribution in [2.75, 3.05) is 30.3 Å². The minimum absolute atomic E-state index is 0.0300. The van der Waals surface area contributed by atoms with Crippen LogP contribution in [0, 0.1) is 0 Å². The lowest BCUT2D eigenvalue weighted by Gasteiger charge is -2.34. The van der Waals surface area contributed by atoms with E-state index in [1.165, 1.54) is 0 Å². The van der Waals surface area contributed by atoms with Crippen LogP contribution in [0.15, 0.2) is 42.6 Å². The average molecular weight is 531 g/mol. The van der Waals surface area contributed by atoms with Crippen molar-refractivity contribution < 1.29 is 23.1 Å². The summed E-state index contributed by atoms with van der Waals surface area (Å²) < 4.78 is 41.6. The van der Waals surface area contributed by atoms with Gasteiger partial charge in [-0.15, -0.1) is 11.3 Å². The first-order valence-corrected chi connectivity index (χ1v) is 12.5. The highest BCUT2D eigenvalue weighted by molar-refractivity contribution is 7.21. The first kappa shape index (κ1) is 25.2. The Morgan fingerprint density at radius 3 is 2.59 bits per heavy atom. The van der Waals surface area contributed by atoms with E-state index in [-0.39, 0.29) is 32.6 Å². The quantitative estimate of drug-likeness (QED) is 0.298. The van der Waals surface area contributed by atoms with Gasteiger partial charge in [0, 0.05) is 42.6 Å². The predicted octanol–water partition coefficient (Wildman–Crippen LogP) is 3.84. The molecule has 1 amide bonds. The molecule has 5 rings (SSSR count). The monoisotopic (exact) mass is 530 g/mol. The van der Waals surface area contributed by atoms with Gasteiger partial charge in [-0.2, -0.15) is 13.2 Å². The van der Waals surface area contributed by atoms with Gasteiger partial charge in [-0.1, -0.05) is 24.3 Å². The van der Waals surface area contributed by atoms with Gasteiger partial charge in [-0.25, -0.2) is 4.98 Å². The van der Waals surface area contributed by atoms with E-state index in [4.69, 9.17) is 11.5 Å². The van der Waals surface area contributed by atoms with E-state index in [2.05, 4.69) is 15.3 Å². The first-order valence-electron chi connectivity index (χ1n) is 11.7. The number of primary amides is 1. The van der Waals surface area contributed by atoms with E-state index >= 15 is 0 Å². The molecule has 1 aliphatic heterocycles. The summed E-state index contributed by atoms with van der Waals surface area (Å²) in [7, 11) is 0. The summed E-state index contributed by atoms with van der Waals surface area (Å²) in [6.45, 7) is 1.26. The van der Waals surface area contributed by atoms with Crippen molar-refractivity contribution in [1.82, 2.24) is 15.3 Å². The number of amides is 1. The molecule has 1 unspecified atom stereocenters. The third-order valence-electron chi connectivity index (χ3n) is 6.63. The molecule has 3 aromatic heterocycles. The molecular weight excluding hydrogens is 505 g/mol. The molecule has 0 aliphatic carbocycles. The highest BCUT2D eigenvalue weighted by atomic mass is 32.1. The predicted molar refractivity (Wildman–Crippen MR) is 137 cm³/mol. The number of carbonyl (C=O) groups is 1. The molecule has 0 bridgehead atoms. The number of nitrogens with one attached hydrogen (secondary N) is 1. The van der Waals surface area contributed by atoms with Gasteiger partial charge in [0.2, 0.25) is 0 Å². The second kappa shape index (κ2) is 9.77. The van der Waals surface area contributed by atoms with E-state index in [0.717, 1.165) is 28.2 Å². The van der Waals surface area contributed by atoms with Crippen molar-refractivity contribution in [3.05, 3.63) is 58.7 Å².